The van der Waals surface area contributed by atoms with Gasteiger partial charge in [0.15, 0.2) is 11.5 Å². The zero-order valence-electron chi connectivity index (χ0n) is 19.1. The molecule has 1 heterocycles. The second kappa shape index (κ2) is 9.60. The standard InChI is InChI=1S/C25H27NO6/c1-14-9-15(2)20(16(3)27)11-17(14)10-18-7-8-21(32-18)25(28)26-24-22(30-5)12-19(29-4)13-23(24)31-6/h7-9,11-13H,10H2,1-6H3,(H,26,28). The monoisotopic (exact) mass is 437 g/mol. The molecule has 0 aliphatic rings. The average molecular weight is 437 g/mol. The normalized spacial score (nSPS) is 10.6. The molecule has 1 amide bonds. The molecule has 0 aliphatic carbocycles. The molecule has 0 unspecified atom stereocenters. The van der Waals surface area contributed by atoms with E-state index in [0.717, 1.165) is 16.7 Å². The van der Waals surface area contributed by atoms with E-state index >= 15 is 0 Å². The number of amides is 1. The first-order valence-corrected chi connectivity index (χ1v) is 10.1. The number of anilines is 1. The molecule has 0 bridgehead atoms. The van der Waals surface area contributed by atoms with Crippen molar-refractivity contribution < 1.29 is 28.2 Å². The third-order valence-electron chi connectivity index (χ3n) is 5.27. The number of furan rings is 1. The highest BCUT2D eigenvalue weighted by atomic mass is 16.5. The highest BCUT2D eigenvalue weighted by Crippen LogP contribution is 2.39. The smallest absolute Gasteiger partial charge is 0.291 e. The molecule has 7 nitrogen and oxygen atoms in total. The molecule has 2 aromatic carbocycles. The molecule has 0 saturated heterocycles. The molecule has 3 aromatic rings. The highest BCUT2D eigenvalue weighted by Gasteiger charge is 2.19. The van der Waals surface area contributed by atoms with Gasteiger partial charge in [0.1, 0.15) is 28.7 Å². The summed E-state index contributed by atoms with van der Waals surface area (Å²) in [6, 6.07) is 10.6. The summed E-state index contributed by atoms with van der Waals surface area (Å²) in [7, 11) is 4.52. The molecule has 0 radical (unpaired) electrons. The Morgan fingerprint density at radius 3 is 2.12 bits per heavy atom. The number of hydrogen-bond acceptors (Lipinski definition) is 6. The van der Waals surface area contributed by atoms with Crippen molar-refractivity contribution in [3.63, 3.8) is 0 Å². The number of benzene rings is 2. The van der Waals surface area contributed by atoms with Crippen molar-refractivity contribution in [3.05, 3.63) is 70.2 Å². The van der Waals surface area contributed by atoms with Crippen LogP contribution < -0.4 is 19.5 Å². The Kier molecular flexibility index (Phi) is 6.88. The van der Waals surface area contributed by atoms with Crippen LogP contribution in [0.2, 0.25) is 0 Å². The number of hydrogen-bond donors (Lipinski definition) is 1. The number of ketones is 1. The van der Waals surface area contributed by atoms with E-state index in [1.807, 2.05) is 26.0 Å². The molecule has 1 N–H and O–H groups in total. The molecule has 32 heavy (non-hydrogen) atoms. The lowest BCUT2D eigenvalue weighted by atomic mass is 9.95. The van der Waals surface area contributed by atoms with Gasteiger partial charge < -0.3 is 23.9 Å². The van der Waals surface area contributed by atoms with E-state index in [4.69, 9.17) is 18.6 Å². The van der Waals surface area contributed by atoms with Crippen molar-refractivity contribution in [1.82, 2.24) is 0 Å². The third-order valence-corrected chi connectivity index (χ3v) is 5.27. The first-order chi connectivity index (χ1) is 15.3. The van der Waals surface area contributed by atoms with Crippen LogP contribution >= 0.6 is 0 Å². The lowest BCUT2D eigenvalue weighted by molar-refractivity contribution is 0.0991. The van der Waals surface area contributed by atoms with Crippen LogP contribution in [0.3, 0.4) is 0 Å². The first-order valence-electron chi connectivity index (χ1n) is 10.1. The van der Waals surface area contributed by atoms with Crippen LogP contribution in [0, 0.1) is 13.8 Å². The second-order valence-corrected chi connectivity index (χ2v) is 7.45. The van der Waals surface area contributed by atoms with Crippen molar-refractivity contribution in [2.24, 2.45) is 0 Å². The zero-order valence-corrected chi connectivity index (χ0v) is 19.1. The number of ether oxygens (including phenoxy) is 3. The van der Waals surface area contributed by atoms with Crippen molar-refractivity contribution in [1.29, 1.82) is 0 Å². The summed E-state index contributed by atoms with van der Waals surface area (Å²) in [5.41, 5.74) is 4.04. The Morgan fingerprint density at radius 1 is 0.906 bits per heavy atom. The van der Waals surface area contributed by atoms with Gasteiger partial charge in [-0.2, -0.15) is 0 Å². The SMILES string of the molecule is COc1cc(OC)c(NC(=O)c2ccc(Cc3cc(C(C)=O)c(C)cc3C)o2)c(OC)c1. The third kappa shape index (κ3) is 4.77. The van der Waals surface area contributed by atoms with Crippen LogP contribution in [-0.2, 0) is 6.42 Å². The van der Waals surface area contributed by atoms with Gasteiger partial charge in [-0.1, -0.05) is 6.07 Å². The fourth-order valence-corrected chi connectivity index (χ4v) is 3.55. The summed E-state index contributed by atoms with van der Waals surface area (Å²) >= 11 is 0. The minimum Gasteiger partial charge on any atom is -0.496 e. The van der Waals surface area contributed by atoms with Crippen LogP contribution in [0.25, 0.3) is 0 Å². The van der Waals surface area contributed by atoms with E-state index < -0.39 is 5.91 Å². The maximum absolute atomic E-state index is 12.8. The van der Waals surface area contributed by atoms with Gasteiger partial charge in [-0.15, -0.1) is 0 Å². The fourth-order valence-electron chi connectivity index (χ4n) is 3.55. The zero-order chi connectivity index (χ0) is 23.4. The Hall–Kier alpha value is -3.74. The molecule has 168 valence electrons. The van der Waals surface area contributed by atoms with Gasteiger partial charge in [0.05, 0.1) is 21.3 Å². The maximum atomic E-state index is 12.8. The molecule has 0 fully saturated rings. The molecular formula is C25H27NO6. The van der Waals surface area contributed by atoms with Gasteiger partial charge in [0.2, 0.25) is 0 Å². The quantitative estimate of drug-likeness (QED) is 0.501. The van der Waals surface area contributed by atoms with Gasteiger partial charge in [-0.25, -0.2) is 0 Å². The van der Waals surface area contributed by atoms with Gasteiger partial charge >= 0.3 is 0 Å². The minimum atomic E-state index is -0.442. The summed E-state index contributed by atoms with van der Waals surface area (Å²) < 4.78 is 21.8. The summed E-state index contributed by atoms with van der Waals surface area (Å²) in [5, 5.41) is 2.79. The molecule has 0 atom stereocenters. The van der Waals surface area contributed by atoms with Crippen LogP contribution in [0.1, 0.15) is 50.3 Å². The number of carbonyl (C=O) groups excluding carboxylic acids is 2. The lowest BCUT2D eigenvalue weighted by Crippen LogP contribution is -2.13. The van der Waals surface area contributed by atoms with E-state index in [-0.39, 0.29) is 11.5 Å². The molecule has 0 spiro atoms. The van der Waals surface area contributed by atoms with E-state index in [9.17, 15) is 9.59 Å². The molecule has 3 rings (SSSR count). The van der Waals surface area contributed by atoms with Crippen molar-refractivity contribution >= 4 is 17.4 Å². The topological polar surface area (TPSA) is 87.0 Å². The molecular weight excluding hydrogens is 410 g/mol. The number of aryl methyl sites for hydroxylation is 2. The Bertz CT molecular complexity index is 1140. The van der Waals surface area contributed by atoms with E-state index in [0.29, 0.717) is 40.7 Å². The van der Waals surface area contributed by atoms with Crippen LogP contribution in [-0.4, -0.2) is 33.0 Å². The van der Waals surface area contributed by atoms with Crippen molar-refractivity contribution in [2.45, 2.75) is 27.2 Å². The summed E-state index contributed by atoms with van der Waals surface area (Å²) in [4.78, 5) is 24.7. The number of carbonyl (C=O) groups is 2. The second-order valence-electron chi connectivity index (χ2n) is 7.45. The van der Waals surface area contributed by atoms with Crippen LogP contribution in [0.5, 0.6) is 17.2 Å². The largest absolute Gasteiger partial charge is 0.496 e. The number of rotatable bonds is 8. The van der Waals surface area contributed by atoms with E-state index in [1.54, 1.807) is 31.2 Å². The van der Waals surface area contributed by atoms with Crippen molar-refractivity contribution in [3.8, 4) is 17.2 Å². The Labute approximate surface area is 187 Å². The van der Waals surface area contributed by atoms with Crippen molar-refractivity contribution in [2.75, 3.05) is 26.6 Å². The Morgan fingerprint density at radius 2 is 1.56 bits per heavy atom. The summed E-state index contributed by atoms with van der Waals surface area (Å²) in [6.07, 6.45) is 0.467. The average Bonchev–Trinajstić information content (AvgIpc) is 3.24. The molecule has 0 aliphatic heterocycles. The van der Waals surface area contributed by atoms with Gasteiger partial charge in [-0.3, -0.25) is 9.59 Å². The van der Waals surface area contributed by atoms with Gasteiger partial charge in [0, 0.05) is 24.1 Å². The van der Waals surface area contributed by atoms with Crippen LogP contribution in [0.4, 0.5) is 5.69 Å². The van der Waals surface area contributed by atoms with E-state index in [2.05, 4.69) is 5.32 Å². The first kappa shape index (κ1) is 22.9. The van der Waals surface area contributed by atoms with Gasteiger partial charge in [0.25, 0.3) is 5.91 Å². The lowest BCUT2D eigenvalue weighted by Gasteiger charge is -2.15. The van der Waals surface area contributed by atoms with Crippen LogP contribution in [0.15, 0.2) is 40.8 Å². The number of nitrogens with one attached hydrogen (secondary N) is 1. The Balaban J connectivity index is 1.83. The number of Topliss-reactive ketones (excluding diaryl/α,β-unsaturated/α-hetero) is 1. The predicted molar refractivity (Wildman–Crippen MR) is 121 cm³/mol. The minimum absolute atomic E-state index is 0.0191. The maximum Gasteiger partial charge on any atom is 0.291 e. The fraction of sp³-hybridized carbons (Fsp3) is 0.280. The summed E-state index contributed by atoms with van der Waals surface area (Å²) in [6.45, 7) is 5.47. The van der Waals surface area contributed by atoms with E-state index in [1.165, 1.54) is 21.3 Å². The highest BCUT2D eigenvalue weighted by molar-refractivity contribution is 6.04. The molecule has 1 aromatic heterocycles. The summed E-state index contributed by atoms with van der Waals surface area (Å²) in [5.74, 6) is 1.67. The number of methoxy groups -OCH3 is 3. The molecule has 7 heteroatoms. The molecule has 0 saturated carbocycles. The van der Waals surface area contributed by atoms with Gasteiger partial charge in [-0.05, 0) is 55.7 Å². The predicted octanol–water partition coefficient (Wildman–Crippen LogP) is 4.97.